The molecule has 0 N–H and O–H groups in total. The molecule has 1 rings (SSSR count). The van der Waals surface area contributed by atoms with E-state index in [1.54, 1.807) is 0 Å². The van der Waals surface area contributed by atoms with Crippen LogP contribution < -0.4 is 0 Å². The van der Waals surface area contributed by atoms with Gasteiger partial charge in [0.1, 0.15) is 5.41 Å². The maximum Gasteiger partial charge on any atom is 0.153 e. The van der Waals surface area contributed by atoms with Crippen molar-refractivity contribution >= 4 is 5.78 Å². The fraction of sp³-hybridized carbons (Fsp3) is 0.667. The fourth-order valence-electron chi connectivity index (χ4n) is 1.64. The van der Waals surface area contributed by atoms with Crippen molar-refractivity contribution in [2.45, 2.75) is 32.1 Å². The van der Waals surface area contributed by atoms with E-state index in [0.717, 1.165) is 6.42 Å². The molecule has 0 saturated heterocycles. The molecule has 3 heteroatoms. The monoisotopic (exact) mass is 162 g/mol. The van der Waals surface area contributed by atoms with Crippen LogP contribution in [0.15, 0.2) is 0 Å². The Bertz CT molecular complexity index is 271. The fourth-order valence-corrected chi connectivity index (χ4v) is 1.64. The van der Waals surface area contributed by atoms with E-state index in [0.29, 0.717) is 25.7 Å². The van der Waals surface area contributed by atoms with Gasteiger partial charge in [0.15, 0.2) is 5.78 Å². The number of nitriles is 2. The molecule has 62 valence electrons. The van der Waals surface area contributed by atoms with Crippen LogP contribution in [-0.2, 0) is 4.79 Å². The minimum atomic E-state index is -0.810. The number of carbonyl (C=O) groups is 1. The van der Waals surface area contributed by atoms with E-state index in [-0.39, 0.29) is 5.78 Å². The minimum Gasteiger partial charge on any atom is -0.298 e. The maximum atomic E-state index is 11.3. The lowest BCUT2D eigenvalue weighted by Crippen LogP contribution is -2.23. The summed E-state index contributed by atoms with van der Waals surface area (Å²) in [5.41, 5.74) is -0.810. The Morgan fingerprint density at radius 1 is 1.50 bits per heavy atom. The lowest BCUT2D eigenvalue weighted by Gasteiger charge is -2.15. The maximum absolute atomic E-state index is 11.3. The van der Waals surface area contributed by atoms with E-state index < -0.39 is 5.41 Å². The molecule has 1 fully saturated rings. The predicted octanol–water partition coefficient (Wildman–Crippen LogP) is 1.55. The van der Waals surface area contributed by atoms with Gasteiger partial charge in [0.2, 0.25) is 0 Å². The van der Waals surface area contributed by atoms with Crippen molar-refractivity contribution in [2.75, 3.05) is 0 Å². The smallest absolute Gasteiger partial charge is 0.153 e. The van der Waals surface area contributed by atoms with Gasteiger partial charge in [0, 0.05) is 12.8 Å². The molecule has 1 saturated carbocycles. The van der Waals surface area contributed by atoms with Crippen molar-refractivity contribution in [1.29, 1.82) is 10.5 Å². The second-order valence-electron chi connectivity index (χ2n) is 3.13. The standard InChI is InChI=1S/C9H10N2O/c10-6-2-5-9(7-11)4-1-3-8(9)12/h1-5H2. The molecule has 3 nitrogen and oxygen atoms in total. The Labute approximate surface area is 71.6 Å². The number of carbonyl (C=O) groups excluding carboxylic acids is 1. The van der Waals surface area contributed by atoms with Crippen LogP contribution in [-0.4, -0.2) is 5.78 Å². The Kier molecular flexibility index (Phi) is 2.45. The number of Topliss-reactive ketones (excluding diaryl/α,β-unsaturated/α-hetero) is 1. The first kappa shape index (κ1) is 8.74. The largest absolute Gasteiger partial charge is 0.298 e. The summed E-state index contributed by atoms with van der Waals surface area (Å²) in [7, 11) is 0. The lowest BCUT2D eigenvalue weighted by molar-refractivity contribution is -0.123. The lowest BCUT2D eigenvalue weighted by atomic mass is 9.82. The summed E-state index contributed by atoms with van der Waals surface area (Å²) in [6.07, 6.45) is 2.68. The molecule has 0 aromatic heterocycles. The molecule has 0 aromatic carbocycles. The normalized spacial score (nSPS) is 28.0. The van der Waals surface area contributed by atoms with Crippen molar-refractivity contribution in [3.8, 4) is 12.1 Å². The number of rotatable bonds is 2. The predicted molar refractivity (Wildman–Crippen MR) is 41.8 cm³/mol. The summed E-state index contributed by atoms with van der Waals surface area (Å²) < 4.78 is 0. The summed E-state index contributed by atoms with van der Waals surface area (Å²) >= 11 is 0. The van der Waals surface area contributed by atoms with E-state index in [4.69, 9.17) is 10.5 Å². The first-order chi connectivity index (χ1) is 5.75. The van der Waals surface area contributed by atoms with Gasteiger partial charge in [-0.3, -0.25) is 4.79 Å². The summed E-state index contributed by atoms with van der Waals surface area (Å²) in [5.74, 6) is 0.0280. The molecular weight excluding hydrogens is 152 g/mol. The highest BCUT2D eigenvalue weighted by molar-refractivity contribution is 5.89. The molecule has 1 unspecified atom stereocenters. The zero-order chi connectivity index (χ0) is 9.03. The van der Waals surface area contributed by atoms with Crippen LogP contribution in [0.25, 0.3) is 0 Å². The quantitative estimate of drug-likeness (QED) is 0.618. The van der Waals surface area contributed by atoms with Gasteiger partial charge in [-0.1, -0.05) is 0 Å². The summed E-state index contributed by atoms with van der Waals surface area (Å²) in [4.78, 5) is 11.3. The highest BCUT2D eigenvalue weighted by atomic mass is 16.1. The van der Waals surface area contributed by atoms with Gasteiger partial charge in [-0.15, -0.1) is 0 Å². The van der Waals surface area contributed by atoms with Crippen molar-refractivity contribution < 1.29 is 4.79 Å². The Morgan fingerprint density at radius 2 is 2.25 bits per heavy atom. The Balaban J connectivity index is 2.71. The molecule has 1 aliphatic rings. The summed E-state index contributed by atoms with van der Waals surface area (Å²) in [6, 6.07) is 4.03. The van der Waals surface area contributed by atoms with E-state index in [1.807, 2.05) is 6.07 Å². The second kappa shape index (κ2) is 3.36. The molecule has 0 bridgehead atoms. The third kappa shape index (κ3) is 1.31. The van der Waals surface area contributed by atoms with E-state index in [1.165, 1.54) is 0 Å². The zero-order valence-corrected chi connectivity index (χ0v) is 6.84. The molecular formula is C9H10N2O. The topological polar surface area (TPSA) is 64.7 Å². The molecule has 12 heavy (non-hydrogen) atoms. The van der Waals surface area contributed by atoms with Crippen LogP contribution in [0.3, 0.4) is 0 Å². The molecule has 0 aliphatic heterocycles. The number of hydrogen-bond donors (Lipinski definition) is 0. The van der Waals surface area contributed by atoms with E-state index in [9.17, 15) is 4.79 Å². The first-order valence-electron chi connectivity index (χ1n) is 4.07. The van der Waals surface area contributed by atoms with Crippen LogP contribution in [0, 0.1) is 28.1 Å². The third-order valence-electron chi connectivity index (χ3n) is 2.42. The van der Waals surface area contributed by atoms with Crippen molar-refractivity contribution in [2.24, 2.45) is 5.41 Å². The zero-order valence-electron chi connectivity index (χ0n) is 6.84. The number of hydrogen-bond acceptors (Lipinski definition) is 3. The van der Waals surface area contributed by atoms with Gasteiger partial charge >= 0.3 is 0 Å². The molecule has 0 heterocycles. The highest BCUT2D eigenvalue weighted by Crippen LogP contribution is 2.38. The highest BCUT2D eigenvalue weighted by Gasteiger charge is 2.41. The van der Waals surface area contributed by atoms with Gasteiger partial charge in [-0.2, -0.15) is 10.5 Å². The van der Waals surface area contributed by atoms with Crippen molar-refractivity contribution in [3.05, 3.63) is 0 Å². The SMILES string of the molecule is N#CCCC1(C#N)CCCC1=O. The van der Waals surface area contributed by atoms with Gasteiger partial charge in [-0.05, 0) is 19.3 Å². The molecule has 1 aliphatic carbocycles. The minimum absolute atomic E-state index is 0.0280. The number of nitrogens with zero attached hydrogens (tertiary/aromatic N) is 2. The average Bonchev–Trinajstić information content (AvgIpc) is 2.45. The van der Waals surface area contributed by atoms with Crippen molar-refractivity contribution in [3.63, 3.8) is 0 Å². The van der Waals surface area contributed by atoms with Crippen LogP contribution in [0.2, 0.25) is 0 Å². The molecule has 0 amide bonds. The first-order valence-corrected chi connectivity index (χ1v) is 4.07. The molecule has 0 radical (unpaired) electrons. The summed E-state index contributed by atoms with van der Waals surface area (Å²) in [6.45, 7) is 0. The number of ketones is 1. The average molecular weight is 162 g/mol. The molecule has 0 aromatic rings. The van der Waals surface area contributed by atoms with Gasteiger partial charge in [0.25, 0.3) is 0 Å². The van der Waals surface area contributed by atoms with Gasteiger partial charge < -0.3 is 0 Å². The van der Waals surface area contributed by atoms with Crippen LogP contribution >= 0.6 is 0 Å². The van der Waals surface area contributed by atoms with E-state index in [2.05, 4.69) is 6.07 Å². The van der Waals surface area contributed by atoms with Crippen LogP contribution in [0.5, 0.6) is 0 Å². The van der Waals surface area contributed by atoms with Gasteiger partial charge in [0.05, 0.1) is 12.1 Å². The third-order valence-corrected chi connectivity index (χ3v) is 2.42. The van der Waals surface area contributed by atoms with E-state index >= 15 is 0 Å². The molecule has 0 spiro atoms. The van der Waals surface area contributed by atoms with Gasteiger partial charge in [-0.25, -0.2) is 0 Å². The summed E-state index contributed by atoms with van der Waals surface area (Å²) in [5, 5.41) is 17.2. The van der Waals surface area contributed by atoms with Crippen LogP contribution in [0.1, 0.15) is 32.1 Å². The van der Waals surface area contributed by atoms with Crippen molar-refractivity contribution in [1.82, 2.24) is 0 Å². The van der Waals surface area contributed by atoms with Crippen LogP contribution in [0.4, 0.5) is 0 Å². The Hall–Kier alpha value is -1.35. The Morgan fingerprint density at radius 3 is 2.67 bits per heavy atom. The molecule has 1 atom stereocenters. The second-order valence-corrected chi connectivity index (χ2v) is 3.13.